The number of hydrogen-bond acceptors (Lipinski definition) is 4. The molecule has 1 aliphatic heterocycles. The lowest BCUT2D eigenvalue weighted by atomic mass is 9.97. The maximum Gasteiger partial charge on any atom is 0.263 e. The van der Waals surface area contributed by atoms with Crippen LogP contribution in [-0.4, -0.2) is 25.8 Å². The first-order valence-electron chi connectivity index (χ1n) is 5.72. The second kappa shape index (κ2) is 4.07. The fourth-order valence-corrected chi connectivity index (χ4v) is 2.84. The number of fused-ring (bicyclic) bond motifs is 1. The average Bonchev–Trinajstić information content (AvgIpc) is 2.51. The fraction of sp³-hybridized carbons (Fsp3) is 0.417. The number of nitrogens with one attached hydrogen (secondary N) is 1. The summed E-state index contributed by atoms with van der Waals surface area (Å²) in [6.45, 7) is 5.60. The second-order valence-corrected chi connectivity index (χ2v) is 6.66. The zero-order valence-corrected chi connectivity index (χ0v) is 11.5. The molecule has 1 aromatic carbocycles. The van der Waals surface area contributed by atoms with Crippen LogP contribution in [0.2, 0.25) is 0 Å². The Morgan fingerprint density at radius 2 is 1.94 bits per heavy atom. The molecule has 1 unspecified atom stereocenters. The minimum absolute atomic E-state index is 0.178. The van der Waals surface area contributed by atoms with Gasteiger partial charge in [0.1, 0.15) is 5.84 Å². The van der Waals surface area contributed by atoms with Crippen molar-refractivity contribution >= 4 is 15.9 Å². The van der Waals surface area contributed by atoms with Crippen molar-refractivity contribution in [2.75, 3.05) is 0 Å². The molecule has 1 aromatic rings. The van der Waals surface area contributed by atoms with Crippen molar-refractivity contribution in [1.82, 2.24) is 4.72 Å². The molecule has 0 fully saturated rings. The summed E-state index contributed by atoms with van der Waals surface area (Å²) in [5, 5.41) is 0. The molecular formula is C12H17N3O2S. The van der Waals surface area contributed by atoms with E-state index in [1.807, 2.05) is 20.8 Å². The SMILES string of the molecule is CC(N)C(C)(C)N=C1NS(=O)(=O)c2ccccc21. The van der Waals surface area contributed by atoms with Crippen LogP contribution >= 0.6 is 0 Å². The van der Waals surface area contributed by atoms with E-state index in [1.54, 1.807) is 24.3 Å². The number of rotatable bonds is 2. The Kier molecular flexibility index (Phi) is 2.95. The van der Waals surface area contributed by atoms with E-state index in [-0.39, 0.29) is 10.9 Å². The largest absolute Gasteiger partial charge is 0.326 e. The normalized spacial score (nSPS) is 21.4. The van der Waals surface area contributed by atoms with Crippen molar-refractivity contribution in [3.05, 3.63) is 29.8 Å². The monoisotopic (exact) mass is 267 g/mol. The smallest absolute Gasteiger partial charge is 0.263 e. The minimum atomic E-state index is -3.47. The van der Waals surface area contributed by atoms with Crippen molar-refractivity contribution < 1.29 is 8.42 Å². The molecule has 1 aliphatic rings. The van der Waals surface area contributed by atoms with Crippen LogP contribution in [0.3, 0.4) is 0 Å². The van der Waals surface area contributed by atoms with Crippen molar-refractivity contribution in [3.8, 4) is 0 Å². The van der Waals surface area contributed by atoms with E-state index in [4.69, 9.17) is 5.73 Å². The van der Waals surface area contributed by atoms with E-state index in [0.29, 0.717) is 11.4 Å². The van der Waals surface area contributed by atoms with Crippen LogP contribution in [-0.2, 0) is 10.0 Å². The van der Waals surface area contributed by atoms with Gasteiger partial charge in [-0.05, 0) is 32.9 Å². The molecule has 0 spiro atoms. The van der Waals surface area contributed by atoms with Gasteiger partial charge >= 0.3 is 0 Å². The van der Waals surface area contributed by atoms with Crippen LogP contribution in [0.25, 0.3) is 0 Å². The number of aliphatic imine (C=N–C) groups is 1. The van der Waals surface area contributed by atoms with Gasteiger partial charge in [-0.15, -0.1) is 0 Å². The highest BCUT2D eigenvalue weighted by Gasteiger charge is 2.32. The van der Waals surface area contributed by atoms with E-state index in [1.165, 1.54) is 0 Å². The van der Waals surface area contributed by atoms with Gasteiger partial charge in [-0.25, -0.2) is 8.42 Å². The highest BCUT2D eigenvalue weighted by Crippen LogP contribution is 2.24. The number of benzene rings is 1. The summed E-state index contributed by atoms with van der Waals surface area (Å²) in [6, 6.07) is 6.61. The Hall–Kier alpha value is -1.40. The van der Waals surface area contributed by atoms with Crippen LogP contribution in [0.4, 0.5) is 0 Å². The third kappa shape index (κ3) is 2.13. The summed E-state index contributed by atoms with van der Waals surface area (Å²) in [7, 11) is -3.47. The topological polar surface area (TPSA) is 84.5 Å². The third-order valence-electron chi connectivity index (χ3n) is 3.18. The molecule has 5 nitrogen and oxygen atoms in total. The van der Waals surface area contributed by atoms with Gasteiger partial charge in [0, 0.05) is 11.6 Å². The molecule has 18 heavy (non-hydrogen) atoms. The van der Waals surface area contributed by atoms with Crippen LogP contribution in [0.5, 0.6) is 0 Å². The molecule has 0 saturated heterocycles. The maximum absolute atomic E-state index is 11.9. The minimum Gasteiger partial charge on any atom is -0.326 e. The summed E-state index contributed by atoms with van der Waals surface area (Å²) >= 11 is 0. The highest BCUT2D eigenvalue weighted by atomic mass is 32.2. The summed E-state index contributed by atoms with van der Waals surface area (Å²) in [4.78, 5) is 4.71. The lowest BCUT2D eigenvalue weighted by Gasteiger charge is -2.24. The second-order valence-electron chi connectivity index (χ2n) is 5.00. The lowest BCUT2D eigenvalue weighted by Crippen LogP contribution is -2.41. The van der Waals surface area contributed by atoms with E-state index in [2.05, 4.69) is 9.71 Å². The van der Waals surface area contributed by atoms with E-state index in [9.17, 15) is 8.42 Å². The van der Waals surface area contributed by atoms with Gasteiger partial charge in [0.2, 0.25) is 0 Å². The standard InChI is InChI=1S/C12H17N3O2S/c1-8(13)12(2,3)14-11-9-6-4-5-7-10(9)18(16,17)15-11/h4-8H,13H2,1-3H3,(H,14,15). The Labute approximate surface area is 107 Å². The molecule has 0 radical (unpaired) electrons. The molecule has 0 bridgehead atoms. The summed E-state index contributed by atoms with van der Waals surface area (Å²) in [5.74, 6) is 0.368. The number of nitrogens with zero attached hydrogens (tertiary/aromatic N) is 1. The number of nitrogens with two attached hydrogens (primary N) is 1. The molecular weight excluding hydrogens is 250 g/mol. The molecule has 3 N–H and O–H groups in total. The summed E-state index contributed by atoms with van der Waals surface area (Å²) in [6.07, 6.45) is 0. The van der Waals surface area contributed by atoms with Crippen LogP contribution in [0.15, 0.2) is 34.2 Å². The third-order valence-corrected chi connectivity index (χ3v) is 4.57. The Morgan fingerprint density at radius 3 is 2.56 bits per heavy atom. The number of amidine groups is 1. The Morgan fingerprint density at radius 1 is 1.33 bits per heavy atom. The summed E-state index contributed by atoms with van der Waals surface area (Å²) < 4.78 is 26.3. The van der Waals surface area contributed by atoms with E-state index >= 15 is 0 Å². The predicted octanol–water partition coefficient (Wildman–Crippen LogP) is 0.851. The van der Waals surface area contributed by atoms with Gasteiger partial charge in [0.05, 0.1) is 10.4 Å². The molecule has 1 atom stereocenters. The van der Waals surface area contributed by atoms with Crippen LogP contribution < -0.4 is 10.5 Å². The van der Waals surface area contributed by atoms with Crippen LogP contribution in [0.1, 0.15) is 26.3 Å². The maximum atomic E-state index is 11.9. The van der Waals surface area contributed by atoms with Crippen LogP contribution in [0, 0.1) is 0 Å². The molecule has 0 aliphatic carbocycles. The predicted molar refractivity (Wildman–Crippen MR) is 71.0 cm³/mol. The average molecular weight is 267 g/mol. The zero-order valence-electron chi connectivity index (χ0n) is 10.6. The molecule has 0 aromatic heterocycles. The van der Waals surface area contributed by atoms with Gasteiger partial charge in [-0.3, -0.25) is 9.71 Å². The van der Waals surface area contributed by atoms with Gasteiger partial charge in [-0.1, -0.05) is 12.1 Å². The Bertz CT molecular complexity index is 604. The Balaban J connectivity index is 2.55. The molecule has 2 rings (SSSR count). The van der Waals surface area contributed by atoms with Gasteiger partial charge in [0.25, 0.3) is 10.0 Å². The van der Waals surface area contributed by atoms with E-state index < -0.39 is 15.6 Å². The fourth-order valence-electron chi connectivity index (χ4n) is 1.61. The quantitative estimate of drug-likeness (QED) is 0.833. The zero-order chi connectivity index (χ0) is 13.6. The number of sulfonamides is 1. The molecule has 6 heteroatoms. The molecule has 0 amide bonds. The van der Waals surface area contributed by atoms with Crippen molar-refractivity contribution in [2.45, 2.75) is 37.2 Å². The van der Waals surface area contributed by atoms with Crippen molar-refractivity contribution in [2.24, 2.45) is 10.7 Å². The molecule has 98 valence electrons. The van der Waals surface area contributed by atoms with Crippen molar-refractivity contribution in [1.29, 1.82) is 0 Å². The molecule has 1 heterocycles. The van der Waals surface area contributed by atoms with E-state index in [0.717, 1.165) is 0 Å². The summed E-state index contributed by atoms with van der Waals surface area (Å²) in [5.41, 5.74) is 5.92. The first kappa shape index (κ1) is 13.0. The van der Waals surface area contributed by atoms with Crippen molar-refractivity contribution in [3.63, 3.8) is 0 Å². The first-order chi connectivity index (χ1) is 8.24. The van der Waals surface area contributed by atoms with Gasteiger partial charge < -0.3 is 5.73 Å². The first-order valence-corrected chi connectivity index (χ1v) is 7.20. The lowest BCUT2D eigenvalue weighted by molar-refractivity contribution is 0.436. The van der Waals surface area contributed by atoms with Gasteiger partial charge in [0.15, 0.2) is 0 Å². The molecule has 0 saturated carbocycles. The highest BCUT2D eigenvalue weighted by molar-refractivity contribution is 7.90. The number of hydrogen-bond donors (Lipinski definition) is 2. The van der Waals surface area contributed by atoms with Gasteiger partial charge in [-0.2, -0.15) is 0 Å².